The minimum atomic E-state index is -0.306. The predicted octanol–water partition coefficient (Wildman–Crippen LogP) is 4.43. The van der Waals surface area contributed by atoms with E-state index < -0.39 is 0 Å². The number of ether oxygens (including phenoxy) is 3. The SMILES string of the molecule is O=C(OCCn1c2ccccc2c2c(OCC3CO3)cccc21)c1ccccc1. The second kappa shape index (κ2) is 7.60. The third kappa shape index (κ3) is 3.57. The largest absolute Gasteiger partial charge is 0.490 e. The van der Waals surface area contributed by atoms with Gasteiger partial charge >= 0.3 is 5.97 Å². The van der Waals surface area contributed by atoms with Crippen molar-refractivity contribution < 1.29 is 19.0 Å². The molecule has 0 spiro atoms. The van der Waals surface area contributed by atoms with E-state index in [4.69, 9.17) is 14.2 Å². The molecule has 0 bridgehead atoms. The molecule has 0 amide bonds. The van der Waals surface area contributed by atoms with Gasteiger partial charge in [0, 0.05) is 16.3 Å². The van der Waals surface area contributed by atoms with Crippen molar-refractivity contribution in [2.24, 2.45) is 0 Å². The summed E-state index contributed by atoms with van der Waals surface area (Å²) in [5.74, 6) is 0.550. The summed E-state index contributed by atoms with van der Waals surface area (Å²) in [7, 11) is 0. The Hall–Kier alpha value is -3.31. The maximum Gasteiger partial charge on any atom is 0.338 e. The zero-order valence-corrected chi connectivity index (χ0v) is 15.9. The van der Waals surface area contributed by atoms with Gasteiger partial charge in [-0.15, -0.1) is 0 Å². The molecule has 5 heteroatoms. The maximum absolute atomic E-state index is 12.2. The van der Waals surface area contributed by atoms with E-state index in [2.05, 4.69) is 22.8 Å². The molecule has 1 fully saturated rings. The molecule has 3 aromatic carbocycles. The lowest BCUT2D eigenvalue weighted by atomic mass is 10.1. The number of hydrogen-bond acceptors (Lipinski definition) is 4. The molecule has 1 unspecified atom stereocenters. The second-order valence-corrected chi connectivity index (χ2v) is 7.09. The molecule has 5 rings (SSSR count). The highest BCUT2D eigenvalue weighted by Gasteiger charge is 2.24. The Morgan fingerprint density at radius 1 is 0.966 bits per heavy atom. The molecule has 1 aromatic heterocycles. The van der Waals surface area contributed by atoms with Crippen LogP contribution in [0.2, 0.25) is 0 Å². The van der Waals surface area contributed by atoms with E-state index in [1.54, 1.807) is 12.1 Å². The topological polar surface area (TPSA) is 53.0 Å². The summed E-state index contributed by atoms with van der Waals surface area (Å²) in [5, 5.41) is 2.21. The summed E-state index contributed by atoms with van der Waals surface area (Å²) >= 11 is 0. The van der Waals surface area contributed by atoms with E-state index >= 15 is 0 Å². The highest BCUT2D eigenvalue weighted by Crippen LogP contribution is 2.36. The molecule has 4 aromatic rings. The summed E-state index contributed by atoms with van der Waals surface area (Å²) in [5.41, 5.74) is 2.72. The van der Waals surface area contributed by atoms with Crippen molar-refractivity contribution in [1.29, 1.82) is 0 Å². The Morgan fingerprint density at radius 2 is 1.72 bits per heavy atom. The van der Waals surface area contributed by atoms with Gasteiger partial charge in [-0.3, -0.25) is 0 Å². The van der Waals surface area contributed by atoms with Gasteiger partial charge in [-0.05, 0) is 30.3 Å². The van der Waals surface area contributed by atoms with Crippen LogP contribution < -0.4 is 4.74 Å². The van der Waals surface area contributed by atoms with Gasteiger partial charge in [-0.2, -0.15) is 0 Å². The fraction of sp³-hybridized carbons (Fsp3) is 0.208. The van der Waals surface area contributed by atoms with E-state index in [0.717, 1.165) is 34.2 Å². The molecule has 0 N–H and O–H groups in total. The van der Waals surface area contributed by atoms with E-state index in [-0.39, 0.29) is 12.1 Å². The standard InChI is InChI=1S/C24H21NO4/c26-24(17-7-2-1-3-8-17)27-14-13-25-20-10-5-4-9-19(20)23-21(25)11-6-12-22(23)29-16-18-15-28-18/h1-12,18H,13-16H2. The molecule has 29 heavy (non-hydrogen) atoms. The van der Waals surface area contributed by atoms with E-state index in [0.29, 0.717) is 25.3 Å². The monoisotopic (exact) mass is 387 g/mol. The van der Waals surface area contributed by atoms with Gasteiger partial charge in [-0.1, -0.05) is 42.5 Å². The first-order valence-electron chi connectivity index (χ1n) is 9.78. The minimum Gasteiger partial charge on any atom is -0.490 e. The fourth-order valence-corrected chi connectivity index (χ4v) is 3.66. The zero-order valence-electron chi connectivity index (χ0n) is 15.9. The summed E-state index contributed by atoms with van der Waals surface area (Å²) in [6.07, 6.45) is 0.205. The predicted molar refractivity (Wildman–Crippen MR) is 111 cm³/mol. The minimum absolute atomic E-state index is 0.205. The van der Waals surface area contributed by atoms with Crippen LogP contribution in [0.4, 0.5) is 0 Å². The molecule has 0 saturated carbocycles. The zero-order chi connectivity index (χ0) is 19.6. The molecule has 1 aliphatic heterocycles. The third-order valence-corrected chi connectivity index (χ3v) is 5.14. The molecule has 2 heterocycles. The second-order valence-electron chi connectivity index (χ2n) is 7.09. The van der Waals surface area contributed by atoms with Crippen LogP contribution in [-0.2, 0) is 16.0 Å². The Balaban J connectivity index is 1.43. The van der Waals surface area contributed by atoms with Crippen molar-refractivity contribution in [1.82, 2.24) is 4.57 Å². The first-order chi connectivity index (χ1) is 14.3. The maximum atomic E-state index is 12.2. The molecular weight excluding hydrogens is 366 g/mol. The lowest BCUT2D eigenvalue weighted by molar-refractivity contribution is 0.0493. The summed E-state index contributed by atoms with van der Waals surface area (Å²) in [6, 6.07) is 23.4. The number of esters is 1. The molecule has 1 saturated heterocycles. The van der Waals surface area contributed by atoms with Gasteiger partial charge in [0.05, 0.1) is 24.2 Å². The van der Waals surface area contributed by atoms with Gasteiger partial charge in [0.2, 0.25) is 0 Å². The lowest BCUT2D eigenvalue weighted by Crippen LogP contribution is -2.11. The quantitative estimate of drug-likeness (QED) is 0.348. The summed E-state index contributed by atoms with van der Waals surface area (Å²) < 4.78 is 19.0. The average molecular weight is 387 g/mol. The van der Waals surface area contributed by atoms with Crippen molar-refractivity contribution in [3.05, 3.63) is 78.4 Å². The van der Waals surface area contributed by atoms with Gasteiger partial charge in [0.25, 0.3) is 0 Å². The molecule has 0 aliphatic carbocycles. The third-order valence-electron chi connectivity index (χ3n) is 5.14. The number of benzene rings is 3. The highest BCUT2D eigenvalue weighted by atomic mass is 16.6. The Kier molecular flexibility index (Phi) is 4.66. The highest BCUT2D eigenvalue weighted by molar-refractivity contribution is 6.11. The van der Waals surface area contributed by atoms with Gasteiger partial charge < -0.3 is 18.8 Å². The van der Waals surface area contributed by atoms with Gasteiger partial charge in [0.15, 0.2) is 0 Å². The molecular formula is C24H21NO4. The normalized spacial score (nSPS) is 15.5. The van der Waals surface area contributed by atoms with E-state index in [1.165, 1.54) is 0 Å². The van der Waals surface area contributed by atoms with E-state index in [9.17, 15) is 4.79 Å². The van der Waals surface area contributed by atoms with Crippen LogP contribution in [-0.4, -0.2) is 36.5 Å². The smallest absolute Gasteiger partial charge is 0.338 e. The number of hydrogen-bond donors (Lipinski definition) is 0. The number of fused-ring (bicyclic) bond motifs is 3. The van der Waals surface area contributed by atoms with E-state index in [1.807, 2.05) is 42.5 Å². The molecule has 1 aliphatic rings. The summed E-state index contributed by atoms with van der Waals surface area (Å²) in [4.78, 5) is 12.2. The van der Waals surface area contributed by atoms with Crippen molar-refractivity contribution in [2.75, 3.05) is 19.8 Å². The van der Waals surface area contributed by atoms with Crippen molar-refractivity contribution in [3.63, 3.8) is 0 Å². The number of carbonyl (C=O) groups is 1. The van der Waals surface area contributed by atoms with Crippen molar-refractivity contribution in [2.45, 2.75) is 12.6 Å². The molecule has 146 valence electrons. The number of nitrogens with zero attached hydrogens (tertiary/aromatic N) is 1. The van der Waals surface area contributed by atoms with Crippen LogP contribution in [0.15, 0.2) is 72.8 Å². The van der Waals surface area contributed by atoms with Crippen LogP contribution in [0.1, 0.15) is 10.4 Å². The lowest BCUT2D eigenvalue weighted by Gasteiger charge is -2.10. The molecule has 5 nitrogen and oxygen atoms in total. The Morgan fingerprint density at radius 3 is 2.55 bits per heavy atom. The number of rotatable bonds is 7. The van der Waals surface area contributed by atoms with Crippen LogP contribution in [0.25, 0.3) is 21.8 Å². The first-order valence-corrected chi connectivity index (χ1v) is 9.78. The molecule has 1 atom stereocenters. The number of epoxide rings is 1. The van der Waals surface area contributed by atoms with Crippen molar-refractivity contribution in [3.8, 4) is 5.75 Å². The summed E-state index contributed by atoms with van der Waals surface area (Å²) in [6.45, 7) is 2.19. The van der Waals surface area contributed by atoms with Crippen LogP contribution >= 0.6 is 0 Å². The fourth-order valence-electron chi connectivity index (χ4n) is 3.66. The number of carbonyl (C=O) groups excluding carboxylic acids is 1. The van der Waals surface area contributed by atoms with Gasteiger partial charge in [0.1, 0.15) is 25.1 Å². The Labute approximate surface area is 168 Å². The first kappa shape index (κ1) is 17.8. The van der Waals surface area contributed by atoms with Crippen molar-refractivity contribution >= 4 is 27.8 Å². The van der Waals surface area contributed by atoms with Crippen LogP contribution in [0.3, 0.4) is 0 Å². The number of para-hydroxylation sites is 1. The molecule has 0 radical (unpaired) electrons. The number of aromatic nitrogens is 1. The van der Waals surface area contributed by atoms with Crippen LogP contribution in [0.5, 0.6) is 5.75 Å². The Bertz CT molecular complexity index is 1160. The average Bonchev–Trinajstić information content (AvgIpc) is 3.55. The van der Waals surface area contributed by atoms with Crippen LogP contribution in [0, 0.1) is 0 Å². The van der Waals surface area contributed by atoms with Gasteiger partial charge in [-0.25, -0.2) is 4.79 Å².